The van der Waals surface area contributed by atoms with Crippen molar-refractivity contribution in [2.45, 2.75) is 43.2 Å². The molecule has 0 amide bonds. The first-order valence-electron chi connectivity index (χ1n) is 6.20. The number of ether oxygens (including phenoxy) is 1. The summed E-state index contributed by atoms with van der Waals surface area (Å²) in [5, 5.41) is 9.68. The molecule has 1 heterocycles. The van der Waals surface area contributed by atoms with E-state index in [-0.39, 0.29) is 0 Å². The summed E-state index contributed by atoms with van der Waals surface area (Å²) in [5.41, 5.74) is 5.91. The molecule has 2 atom stereocenters. The van der Waals surface area contributed by atoms with Crippen molar-refractivity contribution >= 4 is 0 Å². The number of hydrogen-bond acceptors (Lipinski definition) is 3. The SMILES string of the molecule is N#CC12CCCCCC1(N)Oc1ccccc12. The third-order valence-corrected chi connectivity index (χ3v) is 4.15. The van der Waals surface area contributed by atoms with Gasteiger partial charge in [0.25, 0.3) is 0 Å². The molecule has 17 heavy (non-hydrogen) atoms. The van der Waals surface area contributed by atoms with Gasteiger partial charge in [-0.15, -0.1) is 0 Å². The molecule has 2 N–H and O–H groups in total. The van der Waals surface area contributed by atoms with Gasteiger partial charge in [0.1, 0.15) is 11.2 Å². The Hall–Kier alpha value is -1.53. The molecule has 1 aromatic rings. The molecular weight excluding hydrogens is 212 g/mol. The number of benzene rings is 1. The Morgan fingerprint density at radius 1 is 1.18 bits per heavy atom. The zero-order valence-electron chi connectivity index (χ0n) is 9.78. The maximum absolute atomic E-state index is 9.68. The van der Waals surface area contributed by atoms with Gasteiger partial charge < -0.3 is 4.74 Å². The highest BCUT2D eigenvalue weighted by Gasteiger charge is 2.58. The largest absolute Gasteiger partial charge is 0.471 e. The second-order valence-electron chi connectivity index (χ2n) is 5.07. The van der Waals surface area contributed by atoms with Crippen LogP contribution in [-0.4, -0.2) is 5.72 Å². The lowest BCUT2D eigenvalue weighted by molar-refractivity contribution is 0.0396. The van der Waals surface area contributed by atoms with Gasteiger partial charge in [0, 0.05) is 12.0 Å². The molecule has 88 valence electrons. The molecule has 1 aromatic carbocycles. The summed E-state index contributed by atoms with van der Waals surface area (Å²) >= 11 is 0. The molecule has 3 heteroatoms. The quantitative estimate of drug-likeness (QED) is 0.742. The molecule has 0 spiro atoms. The third-order valence-electron chi connectivity index (χ3n) is 4.15. The average Bonchev–Trinajstić information content (AvgIpc) is 2.47. The van der Waals surface area contributed by atoms with E-state index < -0.39 is 11.1 Å². The second kappa shape index (κ2) is 3.48. The van der Waals surface area contributed by atoms with Crippen LogP contribution in [0.2, 0.25) is 0 Å². The number of nitriles is 1. The molecule has 2 aliphatic rings. The van der Waals surface area contributed by atoms with Crippen LogP contribution in [0.15, 0.2) is 24.3 Å². The summed E-state index contributed by atoms with van der Waals surface area (Å²) in [6, 6.07) is 10.3. The number of rotatable bonds is 0. The molecule has 0 radical (unpaired) electrons. The number of fused-ring (bicyclic) bond motifs is 3. The first kappa shape index (κ1) is 10.6. The Morgan fingerprint density at radius 2 is 1.94 bits per heavy atom. The predicted molar refractivity (Wildman–Crippen MR) is 64.4 cm³/mol. The van der Waals surface area contributed by atoms with Crippen molar-refractivity contribution in [3.05, 3.63) is 29.8 Å². The molecule has 1 fully saturated rings. The molecule has 3 rings (SSSR count). The monoisotopic (exact) mass is 228 g/mol. The summed E-state index contributed by atoms with van der Waals surface area (Å²) in [7, 11) is 0. The van der Waals surface area contributed by atoms with Crippen LogP contribution in [0.4, 0.5) is 0 Å². The van der Waals surface area contributed by atoms with Crippen molar-refractivity contribution < 1.29 is 4.74 Å². The van der Waals surface area contributed by atoms with Crippen LogP contribution in [0.3, 0.4) is 0 Å². The molecular formula is C14H16N2O. The first-order valence-corrected chi connectivity index (χ1v) is 6.20. The Bertz CT molecular complexity index is 493. The standard InChI is InChI=1S/C14H16N2O/c15-10-13-8-4-1-5-9-14(13,16)17-12-7-3-2-6-11(12)13/h2-3,6-7H,1,4-5,8-9,16H2. The Labute approximate surface area is 101 Å². The minimum atomic E-state index is -0.831. The minimum absolute atomic E-state index is 0.653. The van der Waals surface area contributed by atoms with Crippen LogP contribution >= 0.6 is 0 Å². The number of hydrogen-bond donors (Lipinski definition) is 1. The fourth-order valence-electron chi connectivity index (χ4n) is 3.20. The van der Waals surface area contributed by atoms with Crippen molar-refractivity contribution in [2.24, 2.45) is 5.73 Å². The first-order chi connectivity index (χ1) is 8.22. The van der Waals surface area contributed by atoms with Crippen LogP contribution in [0, 0.1) is 11.3 Å². The van der Waals surface area contributed by atoms with E-state index in [1.165, 1.54) is 0 Å². The van der Waals surface area contributed by atoms with E-state index in [4.69, 9.17) is 10.5 Å². The number of nitrogens with two attached hydrogens (primary N) is 1. The Morgan fingerprint density at radius 3 is 2.76 bits per heavy atom. The highest BCUT2D eigenvalue weighted by Crippen LogP contribution is 2.52. The van der Waals surface area contributed by atoms with Crippen molar-refractivity contribution in [3.8, 4) is 11.8 Å². The predicted octanol–water partition coefficient (Wildman–Crippen LogP) is 2.46. The van der Waals surface area contributed by atoms with E-state index in [1.807, 2.05) is 24.3 Å². The van der Waals surface area contributed by atoms with Crippen LogP contribution < -0.4 is 10.5 Å². The van der Waals surface area contributed by atoms with Crippen LogP contribution in [-0.2, 0) is 5.41 Å². The maximum Gasteiger partial charge on any atom is 0.181 e. The summed E-state index contributed by atoms with van der Waals surface area (Å²) < 4.78 is 5.93. The van der Waals surface area contributed by atoms with Crippen LogP contribution in [0.25, 0.3) is 0 Å². The molecule has 1 aliphatic carbocycles. The van der Waals surface area contributed by atoms with Crippen LogP contribution in [0.1, 0.15) is 37.7 Å². The van der Waals surface area contributed by atoms with E-state index in [9.17, 15) is 5.26 Å². The highest BCUT2D eigenvalue weighted by molar-refractivity contribution is 5.51. The molecule has 0 bridgehead atoms. The van der Waals surface area contributed by atoms with Gasteiger partial charge in [0.15, 0.2) is 5.72 Å². The lowest BCUT2D eigenvalue weighted by atomic mass is 9.71. The van der Waals surface area contributed by atoms with Gasteiger partial charge in [-0.25, -0.2) is 0 Å². The van der Waals surface area contributed by atoms with Gasteiger partial charge in [0.05, 0.1) is 6.07 Å². The topological polar surface area (TPSA) is 59.0 Å². The summed E-state index contributed by atoms with van der Waals surface area (Å²) in [5.74, 6) is 0.790. The summed E-state index contributed by atoms with van der Waals surface area (Å²) in [6.07, 6.45) is 4.78. The lowest BCUT2D eigenvalue weighted by Gasteiger charge is -2.35. The molecule has 1 saturated carbocycles. The molecule has 0 saturated heterocycles. The normalized spacial score (nSPS) is 35.1. The number of nitrogens with zero attached hydrogens (tertiary/aromatic N) is 1. The average molecular weight is 228 g/mol. The van der Waals surface area contributed by atoms with E-state index in [0.29, 0.717) is 0 Å². The van der Waals surface area contributed by atoms with E-state index in [1.54, 1.807) is 0 Å². The van der Waals surface area contributed by atoms with Crippen molar-refractivity contribution in [1.29, 1.82) is 5.26 Å². The zero-order chi connectivity index (χ0) is 11.9. The van der Waals surface area contributed by atoms with Gasteiger partial charge in [-0.1, -0.05) is 31.0 Å². The van der Waals surface area contributed by atoms with E-state index in [0.717, 1.165) is 43.4 Å². The van der Waals surface area contributed by atoms with Gasteiger partial charge in [-0.05, 0) is 18.9 Å². The molecule has 3 nitrogen and oxygen atoms in total. The fraction of sp³-hybridized carbons (Fsp3) is 0.500. The third kappa shape index (κ3) is 1.25. The lowest BCUT2D eigenvalue weighted by Crippen LogP contribution is -2.57. The molecule has 2 unspecified atom stereocenters. The summed E-state index contributed by atoms with van der Waals surface area (Å²) in [4.78, 5) is 0. The van der Waals surface area contributed by atoms with E-state index in [2.05, 4.69) is 6.07 Å². The fourth-order valence-corrected chi connectivity index (χ4v) is 3.20. The summed E-state index contributed by atoms with van der Waals surface area (Å²) in [6.45, 7) is 0. The molecule has 0 aromatic heterocycles. The van der Waals surface area contributed by atoms with Crippen molar-refractivity contribution in [3.63, 3.8) is 0 Å². The highest BCUT2D eigenvalue weighted by atomic mass is 16.5. The van der Waals surface area contributed by atoms with Gasteiger partial charge in [-0.3, -0.25) is 5.73 Å². The van der Waals surface area contributed by atoms with Gasteiger partial charge in [0.2, 0.25) is 0 Å². The smallest absolute Gasteiger partial charge is 0.181 e. The van der Waals surface area contributed by atoms with Crippen molar-refractivity contribution in [1.82, 2.24) is 0 Å². The molecule has 1 aliphatic heterocycles. The second-order valence-corrected chi connectivity index (χ2v) is 5.07. The number of para-hydroxylation sites is 1. The van der Waals surface area contributed by atoms with Gasteiger partial charge in [-0.2, -0.15) is 5.26 Å². The Kier molecular flexibility index (Phi) is 2.17. The maximum atomic E-state index is 9.68. The van der Waals surface area contributed by atoms with Crippen molar-refractivity contribution in [2.75, 3.05) is 0 Å². The van der Waals surface area contributed by atoms with Crippen LogP contribution in [0.5, 0.6) is 5.75 Å². The zero-order valence-corrected chi connectivity index (χ0v) is 9.78. The van der Waals surface area contributed by atoms with E-state index >= 15 is 0 Å². The van der Waals surface area contributed by atoms with Gasteiger partial charge >= 0.3 is 0 Å². The minimum Gasteiger partial charge on any atom is -0.471 e. The Balaban J connectivity index is 2.21.